The molecule has 5 heteroatoms. The molecule has 22 heavy (non-hydrogen) atoms. The van der Waals surface area contributed by atoms with Gasteiger partial charge in [0, 0.05) is 12.0 Å². The van der Waals surface area contributed by atoms with Crippen LogP contribution in [0.3, 0.4) is 0 Å². The molecular formula is C17H13F3O2. The van der Waals surface area contributed by atoms with Crippen molar-refractivity contribution in [1.82, 2.24) is 0 Å². The van der Waals surface area contributed by atoms with Gasteiger partial charge >= 0.3 is 12.1 Å². The first-order valence-electron chi connectivity index (χ1n) is 6.79. The summed E-state index contributed by atoms with van der Waals surface area (Å²) in [6.07, 6.45) is -5.11. The summed E-state index contributed by atoms with van der Waals surface area (Å²) >= 11 is 0. The molecule has 1 unspecified atom stereocenters. The average molecular weight is 306 g/mol. The van der Waals surface area contributed by atoms with Crippen LogP contribution in [0.15, 0.2) is 48.5 Å². The molecule has 2 aromatic carbocycles. The van der Waals surface area contributed by atoms with Crippen LogP contribution in [0.25, 0.3) is 0 Å². The molecule has 0 saturated carbocycles. The van der Waals surface area contributed by atoms with Crippen molar-refractivity contribution < 1.29 is 22.7 Å². The SMILES string of the molecule is Cc1cccc2c1CC(c1ccccc1)(C(F)(F)F)OC2=O. The lowest BCUT2D eigenvalue weighted by atomic mass is 9.81. The Morgan fingerprint density at radius 3 is 2.36 bits per heavy atom. The second-order valence-electron chi connectivity index (χ2n) is 5.36. The number of halogens is 3. The van der Waals surface area contributed by atoms with Crippen molar-refractivity contribution in [2.45, 2.75) is 25.1 Å². The zero-order valence-corrected chi connectivity index (χ0v) is 11.8. The van der Waals surface area contributed by atoms with Gasteiger partial charge in [0.15, 0.2) is 0 Å². The second kappa shape index (κ2) is 4.87. The van der Waals surface area contributed by atoms with Crippen LogP contribution in [0.4, 0.5) is 13.2 Å². The minimum absolute atomic E-state index is 0.0650. The van der Waals surface area contributed by atoms with E-state index in [1.54, 1.807) is 25.1 Å². The third-order valence-electron chi connectivity index (χ3n) is 4.02. The Bertz CT molecular complexity index is 722. The topological polar surface area (TPSA) is 26.3 Å². The Morgan fingerprint density at radius 2 is 1.73 bits per heavy atom. The molecule has 0 amide bonds. The fraction of sp³-hybridized carbons (Fsp3) is 0.235. The van der Waals surface area contributed by atoms with Crippen LogP contribution in [0.5, 0.6) is 0 Å². The van der Waals surface area contributed by atoms with Gasteiger partial charge in [-0.1, -0.05) is 42.5 Å². The van der Waals surface area contributed by atoms with E-state index >= 15 is 0 Å². The van der Waals surface area contributed by atoms with E-state index in [0.29, 0.717) is 11.1 Å². The molecule has 1 heterocycles. The molecule has 0 radical (unpaired) electrons. The monoisotopic (exact) mass is 306 g/mol. The fourth-order valence-corrected chi connectivity index (χ4v) is 2.82. The molecule has 2 aromatic rings. The Morgan fingerprint density at radius 1 is 1.05 bits per heavy atom. The number of ether oxygens (including phenoxy) is 1. The van der Waals surface area contributed by atoms with E-state index in [4.69, 9.17) is 4.74 Å². The number of hydrogen-bond acceptors (Lipinski definition) is 2. The van der Waals surface area contributed by atoms with E-state index in [1.165, 1.54) is 30.3 Å². The summed E-state index contributed by atoms with van der Waals surface area (Å²) in [7, 11) is 0. The first kappa shape index (κ1) is 14.6. The molecule has 1 atom stereocenters. The number of aryl methyl sites for hydroxylation is 1. The normalized spacial score (nSPS) is 21.2. The lowest BCUT2D eigenvalue weighted by Gasteiger charge is -2.39. The molecule has 2 nitrogen and oxygen atoms in total. The zero-order valence-electron chi connectivity index (χ0n) is 11.8. The summed E-state index contributed by atoms with van der Waals surface area (Å²) in [6.45, 7) is 1.70. The van der Waals surface area contributed by atoms with Gasteiger partial charge in [-0.15, -0.1) is 0 Å². The summed E-state index contributed by atoms with van der Waals surface area (Å²) in [5.41, 5.74) is -1.45. The van der Waals surface area contributed by atoms with Gasteiger partial charge in [-0.3, -0.25) is 0 Å². The van der Waals surface area contributed by atoms with Crippen molar-refractivity contribution in [2.75, 3.05) is 0 Å². The van der Waals surface area contributed by atoms with Crippen LogP contribution < -0.4 is 0 Å². The van der Waals surface area contributed by atoms with E-state index in [-0.39, 0.29) is 11.1 Å². The van der Waals surface area contributed by atoms with E-state index in [9.17, 15) is 18.0 Å². The van der Waals surface area contributed by atoms with Gasteiger partial charge in [0.25, 0.3) is 0 Å². The molecule has 0 aromatic heterocycles. The molecular weight excluding hydrogens is 293 g/mol. The Balaban J connectivity index is 2.23. The van der Waals surface area contributed by atoms with Crippen LogP contribution in [-0.2, 0) is 16.8 Å². The predicted molar refractivity (Wildman–Crippen MR) is 74.5 cm³/mol. The number of alkyl halides is 3. The van der Waals surface area contributed by atoms with Crippen molar-refractivity contribution in [3.05, 3.63) is 70.8 Å². The molecule has 0 N–H and O–H groups in total. The first-order chi connectivity index (χ1) is 10.3. The van der Waals surface area contributed by atoms with Gasteiger partial charge in [0.05, 0.1) is 5.56 Å². The number of fused-ring (bicyclic) bond motifs is 1. The highest BCUT2D eigenvalue weighted by atomic mass is 19.4. The molecule has 114 valence electrons. The summed E-state index contributed by atoms with van der Waals surface area (Å²) in [5.74, 6) is -0.939. The zero-order chi connectivity index (χ0) is 16.0. The van der Waals surface area contributed by atoms with Gasteiger partial charge in [-0.2, -0.15) is 13.2 Å². The van der Waals surface area contributed by atoms with Crippen molar-refractivity contribution in [3.8, 4) is 0 Å². The molecule has 0 saturated heterocycles. The summed E-state index contributed by atoms with van der Waals surface area (Å²) in [5, 5.41) is 0. The lowest BCUT2D eigenvalue weighted by Crippen LogP contribution is -2.50. The number of carbonyl (C=O) groups is 1. The summed E-state index contributed by atoms with van der Waals surface area (Å²) < 4.78 is 46.4. The number of hydrogen-bond donors (Lipinski definition) is 0. The van der Waals surface area contributed by atoms with Gasteiger partial charge < -0.3 is 4.74 Å². The van der Waals surface area contributed by atoms with Gasteiger partial charge in [-0.25, -0.2) is 4.79 Å². The average Bonchev–Trinajstić information content (AvgIpc) is 2.48. The highest BCUT2D eigenvalue weighted by molar-refractivity contribution is 5.93. The van der Waals surface area contributed by atoms with Crippen LogP contribution in [0.2, 0.25) is 0 Å². The van der Waals surface area contributed by atoms with Gasteiger partial charge in [0.2, 0.25) is 5.60 Å². The van der Waals surface area contributed by atoms with Crippen molar-refractivity contribution in [1.29, 1.82) is 0 Å². The minimum Gasteiger partial charge on any atom is -0.440 e. The molecule has 0 fully saturated rings. The lowest BCUT2D eigenvalue weighted by molar-refractivity contribution is -0.267. The number of carbonyl (C=O) groups excluding carboxylic acids is 1. The maximum atomic E-state index is 13.8. The van der Waals surface area contributed by atoms with Crippen molar-refractivity contribution in [3.63, 3.8) is 0 Å². The van der Waals surface area contributed by atoms with E-state index in [1.807, 2.05) is 0 Å². The highest BCUT2D eigenvalue weighted by Crippen LogP contribution is 2.48. The molecule has 0 spiro atoms. The van der Waals surface area contributed by atoms with Crippen molar-refractivity contribution in [2.24, 2.45) is 0 Å². The van der Waals surface area contributed by atoms with E-state index in [2.05, 4.69) is 0 Å². The first-order valence-corrected chi connectivity index (χ1v) is 6.79. The van der Waals surface area contributed by atoms with Gasteiger partial charge in [-0.05, 0) is 24.1 Å². The predicted octanol–water partition coefficient (Wildman–Crippen LogP) is 4.17. The Kier molecular flexibility index (Phi) is 3.24. The maximum Gasteiger partial charge on any atom is 0.433 e. The Labute approximate surface area is 125 Å². The fourth-order valence-electron chi connectivity index (χ4n) is 2.82. The third kappa shape index (κ3) is 2.08. The second-order valence-corrected chi connectivity index (χ2v) is 5.36. The van der Waals surface area contributed by atoms with Crippen LogP contribution >= 0.6 is 0 Å². The minimum atomic E-state index is -4.70. The third-order valence-corrected chi connectivity index (χ3v) is 4.02. The van der Waals surface area contributed by atoms with Crippen LogP contribution in [0, 0.1) is 6.92 Å². The highest BCUT2D eigenvalue weighted by Gasteiger charge is 2.61. The standard InChI is InChI=1S/C17H13F3O2/c1-11-6-5-9-13-14(11)10-16(17(18,19)20,22-15(13)21)12-7-3-2-4-8-12/h2-9H,10H2,1H3. The van der Waals surface area contributed by atoms with Crippen molar-refractivity contribution >= 4 is 5.97 Å². The maximum absolute atomic E-state index is 13.8. The summed E-state index contributed by atoms with van der Waals surface area (Å²) in [6, 6.07) is 12.1. The quantitative estimate of drug-likeness (QED) is 0.739. The summed E-state index contributed by atoms with van der Waals surface area (Å²) in [4.78, 5) is 12.2. The number of rotatable bonds is 1. The van der Waals surface area contributed by atoms with E-state index in [0.717, 1.165) is 0 Å². The Hall–Kier alpha value is -2.30. The molecule has 1 aliphatic rings. The molecule has 0 aliphatic carbocycles. The molecule has 3 rings (SSSR count). The van der Waals surface area contributed by atoms with Crippen LogP contribution in [0.1, 0.15) is 27.0 Å². The van der Waals surface area contributed by atoms with Gasteiger partial charge in [0.1, 0.15) is 0 Å². The van der Waals surface area contributed by atoms with E-state index < -0.39 is 24.2 Å². The van der Waals surface area contributed by atoms with Crippen LogP contribution in [-0.4, -0.2) is 12.1 Å². The smallest absolute Gasteiger partial charge is 0.433 e. The number of cyclic esters (lactones) is 1. The number of benzene rings is 2. The molecule has 1 aliphatic heterocycles. The number of esters is 1. The molecule has 0 bridgehead atoms. The largest absolute Gasteiger partial charge is 0.440 e.